The maximum Gasteiger partial charge on any atom is 0.127 e. The molecule has 31 heavy (non-hydrogen) atoms. The van der Waals surface area contributed by atoms with Crippen LogP contribution in [0.15, 0.2) is 54.6 Å². The summed E-state index contributed by atoms with van der Waals surface area (Å²) in [6.45, 7) is 3.12. The van der Waals surface area contributed by atoms with E-state index in [0.717, 1.165) is 18.8 Å². The molecule has 0 aliphatic heterocycles. The lowest BCUT2D eigenvalue weighted by Crippen LogP contribution is -1.98. The third kappa shape index (κ3) is 12.0. The summed E-state index contributed by atoms with van der Waals surface area (Å²) < 4.78 is 6.11. The van der Waals surface area contributed by atoms with Crippen molar-refractivity contribution >= 4 is 0 Å². The molecule has 0 radical (unpaired) electrons. The fraction of sp³-hybridized carbons (Fsp3) is 0.600. The van der Waals surface area contributed by atoms with Crippen LogP contribution in [0.3, 0.4) is 0 Å². The SMILES string of the molecule is CCCCCCCCCCCCCCCCCCOc1ccccc1-c1ccccc1. The standard InChI is InChI=1S/C30H46O/c1-2-3-4-5-6-7-8-9-10-11-12-13-14-15-16-22-27-31-30-26-21-20-25-29(30)28-23-18-17-19-24-28/h17-21,23-26H,2-16,22,27H2,1H3. The van der Waals surface area contributed by atoms with Gasteiger partial charge in [0.2, 0.25) is 0 Å². The second-order valence-electron chi connectivity index (χ2n) is 9.01. The minimum Gasteiger partial charge on any atom is -0.493 e. The Hall–Kier alpha value is -1.76. The van der Waals surface area contributed by atoms with E-state index in [1.807, 2.05) is 0 Å². The Labute approximate surface area is 192 Å². The van der Waals surface area contributed by atoms with Gasteiger partial charge in [-0.2, -0.15) is 0 Å². The molecular weight excluding hydrogens is 376 g/mol. The molecule has 0 aromatic heterocycles. The summed E-state index contributed by atoms with van der Waals surface area (Å²) in [7, 11) is 0. The van der Waals surface area contributed by atoms with Crippen LogP contribution in [0.5, 0.6) is 5.75 Å². The highest BCUT2D eigenvalue weighted by Gasteiger charge is 2.05. The largest absolute Gasteiger partial charge is 0.493 e. The summed E-state index contributed by atoms with van der Waals surface area (Å²) in [5.74, 6) is 1.01. The topological polar surface area (TPSA) is 9.23 Å². The lowest BCUT2D eigenvalue weighted by molar-refractivity contribution is 0.305. The Bertz CT molecular complexity index is 648. The second-order valence-corrected chi connectivity index (χ2v) is 9.01. The first-order valence-corrected chi connectivity index (χ1v) is 13.2. The van der Waals surface area contributed by atoms with Crippen LogP contribution in [0.25, 0.3) is 11.1 Å². The molecule has 1 heteroatoms. The predicted molar refractivity (Wildman–Crippen MR) is 137 cm³/mol. The predicted octanol–water partition coefficient (Wildman–Crippen LogP) is 9.99. The highest BCUT2D eigenvalue weighted by molar-refractivity contribution is 5.70. The van der Waals surface area contributed by atoms with Gasteiger partial charge in [-0.1, -0.05) is 152 Å². The van der Waals surface area contributed by atoms with Gasteiger partial charge in [-0.15, -0.1) is 0 Å². The monoisotopic (exact) mass is 422 g/mol. The van der Waals surface area contributed by atoms with Gasteiger partial charge in [0, 0.05) is 5.56 Å². The third-order valence-electron chi connectivity index (χ3n) is 6.23. The first-order valence-electron chi connectivity index (χ1n) is 13.2. The quantitative estimate of drug-likeness (QED) is 0.205. The van der Waals surface area contributed by atoms with Crippen LogP contribution >= 0.6 is 0 Å². The zero-order valence-corrected chi connectivity index (χ0v) is 20.1. The summed E-state index contributed by atoms with van der Waals surface area (Å²) in [4.78, 5) is 0. The van der Waals surface area contributed by atoms with Crippen molar-refractivity contribution in [3.8, 4) is 16.9 Å². The molecule has 0 spiro atoms. The van der Waals surface area contributed by atoms with Gasteiger partial charge < -0.3 is 4.74 Å². The number of benzene rings is 2. The molecule has 0 amide bonds. The smallest absolute Gasteiger partial charge is 0.127 e. The summed E-state index contributed by atoms with van der Waals surface area (Å²) in [5.41, 5.74) is 2.42. The summed E-state index contributed by atoms with van der Waals surface area (Å²) in [6, 6.07) is 18.9. The lowest BCUT2D eigenvalue weighted by Gasteiger charge is -2.11. The maximum atomic E-state index is 6.11. The zero-order valence-electron chi connectivity index (χ0n) is 20.1. The fourth-order valence-electron chi connectivity index (χ4n) is 4.28. The normalized spacial score (nSPS) is 11.0. The molecule has 0 saturated heterocycles. The fourth-order valence-corrected chi connectivity index (χ4v) is 4.28. The Balaban J connectivity index is 1.40. The van der Waals surface area contributed by atoms with Crippen LogP contribution in [0, 0.1) is 0 Å². The Morgan fingerprint density at radius 1 is 0.484 bits per heavy atom. The van der Waals surface area contributed by atoms with Crippen LogP contribution in [-0.4, -0.2) is 6.61 Å². The van der Waals surface area contributed by atoms with Gasteiger partial charge in [0.05, 0.1) is 6.61 Å². The number of ether oxygens (including phenoxy) is 1. The van der Waals surface area contributed by atoms with Gasteiger partial charge in [0.25, 0.3) is 0 Å². The van der Waals surface area contributed by atoms with E-state index >= 15 is 0 Å². The van der Waals surface area contributed by atoms with Crippen LogP contribution in [0.2, 0.25) is 0 Å². The molecule has 2 aromatic carbocycles. The van der Waals surface area contributed by atoms with Crippen LogP contribution in [0.4, 0.5) is 0 Å². The first-order chi connectivity index (χ1) is 15.4. The Kier molecular flexibility index (Phi) is 14.7. The molecule has 1 nitrogen and oxygen atoms in total. The van der Waals surface area contributed by atoms with Crippen LogP contribution in [0.1, 0.15) is 110 Å². The maximum absolute atomic E-state index is 6.11. The highest BCUT2D eigenvalue weighted by Crippen LogP contribution is 2.29. The van der Waals surface area contributed by atoms with E-state index in [4.69, 9.17) is 4.74 Å². The van der Waals surface area contributed by atoms with Crippen molar-refractivity contribution < 1.29 is 4.74 Å². The number of hydrogen-bond donors (Lipinski definition) is 0. The van der Waals surface area contributed by atoms with Gasteiger partial charge in [-0.25, -0.2) is 0 Å². The van der Waals surface area contributed by atoms with Crippen molar-refractivity contribution in [1.82, 2.24) is 0 Å². The highest BCUT2D eigenvalue weighted by atomic mass is 16.5. The van der Waals surface area contributed by atoms with Gasteiger partial charge in [-0.05, 0) is 18.1 Å². The number of unbranched alkanes of at least 4 members (excludes halogenated alkanes) is 15. The van der Waals surface area contributed by atoms with Gasteiger partial charge >= 0.3 is 0 Å². The van der Waals surface area contributed by atoms with Crippen LogP contribution < -0.4 is 4.74 Å². The van der Waals surface area contributed by atoms with E-state index in [1.54, 1.807) is 0 Å². The van der Waals surface area contributed by atoms with E-state index in [-0.39, 0.29) is 0 Å². The van der Waals surface area contributed by atoms with Crippen LogP contribution in [-0.2, 0) is 0 Å². The van der Waals surface area contributed by atoms with Crippen molar-refractivity contribution in [1.29, 1.82) is 0 Å². The minimum absolute atomic E-state index is 0.822. The summed E-state index contributed by atoms with van der Waals surface area (Å²) in [6.07, 6.45) is 22.4. The molecule has 0 aliphatic rings. The molecule has 0 N–H and O–H groups in total. The lowest BCUT2D eigenvalue weighted by atomic mass is 10.0. The van der Waals surface area contributed by atoms with Crippen molar-refractivity contribution in [3.63, 3.8) is 0 Å². The van der Waals surface area contributed by atoms with Crippen molar-refractivity contribution in [3.05, 3.63) is 54.6 Å². The van der Waals surface area contributed by atoms with Crippen molar-refractivity contribution in [2.45, 2.75) is 110 Å². The minimum atomic E-state index is 0.822. The van der Waals surface area contributed by atoms with E-state index in [9.17, 15) is 0 Å². The summed E-state index contributed by atoms with van der Waals surface area (Å²) in [5, 5.41) is 0. The van der Waals surface area contributed by atoms with Gasteiger partial charge in [0.1, 0.15) is 5.75 Å². The summed E-state index contributed by atoms with van der Waals surface area (Å²) >= 11 is 0. The molecule has 2 rings (SSSR count). The molecule has 0 heterocycles. The molecule has 0 aliphatic carbocycles. The zero-order chi connectivity index (χ0) is 21.8. The van der Waals surface area contributed by atoms with E-state index in [0.29, 0.717) is 0 Å². The first kappa shape index (κ1) is 25.5. The molecule has 0 saturated carbocycles. The average Bonchev–Trinajstić information content (AvgIpc) is 2.82. The average molecular weight is 423 g/mol. The van der Waals surface area contributed by atoms with E-state index in [2.05, 4.69) is 61.5 Å². The molecule has 172 valence electrons. The van der Waals surface area contributed by atoms with Gasteiger partial charge in [-0.3, -0.25) is 0 Å². The number of para-hydroxylation sites is 1. The molecular formula is C30H46O. The van der Waals surface area contributed by atoms with Crippen molar-refractivity contribution in [2.24, 2.45) is 0 Å². The molecule has 0 bridgehead atoms. The number of hydrogen-bond acceptors (Lipinski definition) is 1. The Morgan fingerprint density at radius 3 is 1.48 bits per heavy atom. The second kappa shape index (κ2) is 17.9. The van der Waals surface area contributed by atoms with E-state index < -0.39 is 0 Å². The van der Waals surface area contributed by atoms with Crippen molar-refractivity contribution in [2.75, 3.05) is 6.61 Å². The van der Waals surface area contributed by atoms with E-state index in [1.165, 1.54) is 107 Å². The number of rotatable bonds is 19. The molecule has 0 unspecified atom stereocenters. The molecule has 0 atom stereocenters. The third-order valence-corrected chi connectivity index (χ3v) is 6.23. The molecule has 2 aromatic rings. The van der Waals surface area contributed by atoms with Gasteiger partial charge in [0.15, 0.2) is 0 Å². The molecule has 0 fully saturated rings. The Morgan fingerprint density at radius 2 is 0.935 bits per heavy atom.